The van der Waals surface area contributed by atoms with Gasteiger partial charge in [0.1, 0.15) is 0 Å². The molecule has 29 heavy (non-hydrogen) atoms. The van der Waals surface area contributed by atoms with Crippen molar-refractivity contribution in [3.8, 4) is 0 Å². The molecule has 2 aromatic rings. The average molecular weight is 394 g/mol. The average Bonchev–Trinajstić information content (AvgIpc) is 3.03. The van der Waals surface area contributed by atoms with Gasteiger partial charge in [-0.1, -0.05) is 44.2 Å². The fraction of sp³-hybridized carbons (Fsp3) is 0.348. The Bertz CT molecular complexity index is 940. The predicted octanol–water partition coefficient (Wildman–Crippen LogP) is 3.79. The van der Waals surface area contributed by atoms with E-state index in [4.69, 9.17) is 0 Å². The Kier molecular flexibility index (Phi) is 5.73. The Morgan fingerprint density at radius 2 is 1.66 bits per heavy atom. The molecule has 0 fully saturated rings. The zero-order valence-corrected chi connectivity index (χ0v) is 16.9. The zero-order chi connectivity index (χ0) is 21.2. The van der Waals surface area contributed by atoms with Gasteiger partial charge in [0, 0.05) is 23.7 Å². The van der Waals surface area contributed by atoms with Crippen LogP contribution in [0.5, 0.6) is 0 Å². The third-order valence-corrected chi connectivity index (χ3v) is 5.43. The maximum Gasteiger partial charge on any atom is 0.310 e. The summed E-state index contributed by atoms with van der Waals surface area (Å²) in [6.45, 7) is 5.45. The highest BCUT2D eigenvalue weighted by Crippen LogP contribution is 2.40. The lowest BCUT2D eigenvalue weighted by atomic mass is 9.81. The summed E-state index contributed by atoms with van der Waals surface area (Å²) in [5, 5.41) is 15.5. The molecule has 0 saturated heterocycles. The van der Waals surface area contributed by atoms with E-state index in [1.807, 2.05) is 37.3 Å². The Hall–Kier alpha value is -3.15. The van der Waals surface area contributed by atoms with Crippen molar-refractivity contribution in [2.75, 3.05) is 10.6 Å². The topological polar surface area (TPSA) is 95.5 Å². The number of amides is 2. The highest BCUT2D eigenvalue weighted by molar-refractivity contribution is 5.97. The molecule has 2 amide bonds. The largest absolute Gasteiger partial charge is 0.481 e. The summed E-state index contributed by atoms with van der Waals surface area (Å²) in [6.07, 6.45) is 0.573. The van der Waals surface area contributed by atoms with Gasteiger partial charge in [0.15, 0.2) is 0 Å². The van der Waals surface area contributed by atoms with Crippen molar-refractivity contribution in [2.45, 2.75) is 40.0 Å². The first kappa shape index (κ1) is 20.6. The van der Waals surface area contributed by atoms with Gasteiger partial charge in [0.05, 0.1) is 5.41 Å². The van der Waals surface area contributed by atoms with E-state index >= 15 is 0 Å². The lowest BCUT2D eigenvalue weighted by molar-refractivity contribution is -0.150. The number of benzene rings is 2. The van der Waals surface area contributed by atoms with Gasteiger partial charge in [-0.3, -0.25) is 14.4 Å². The Balaban J connectivity index is 1.75. The second-order valence-corrected chi connectivity index (χ2v) is 8.11. The third kappa shape index (κ3) is 4.47. The van der Waals surface area contributed by atoms with E-state index in [2.05, 4.69) is 10.6 Å². The fourth-order valence-electron chi connectivity index (χ4n) is 3.67. The molecule has 1 aliphatic carbocycles. The predicted molar refractivity (Wildman–Crippen MR) is 112 cm³/mol. The molecule has 6 heteroatoms. The molecule has 0 bridgehead atoms. The molecule has 6 nitrogen and oxygen atoms in total. The minimum Gasteiger partial charge on any atom is -0.481 e. The molecular formula is C23H26N2O4. The van der Waals surface area contributed by atoms with E-state index in [-0.39, 0.29) is 24.2 Å². The lowest BCUT2D eigenvalue weighted by Crippen LogP contribution is -2.36. The molecule has 1 aliphatic rings. The Morgan fingerprint density at radius 3 is 2.21 bits per heavy atom. The van der Waals surface area contributed by atoms with Gasteiger partial charge in [-0.25, -0.2) is 0 Å². The molecule has 0 radical (unpaired) electrons. The summed E-state index contributed by atoms with van der Waals surface area (Å²) in [5.74, 6) is -1.58. The number of carbonyl (C=O) groups excluding carboxylic acids is 2. The summed E-state index contributed by atoms with van der Waals surface area (Å²) in [7, 11) is 0. The highest BCUT2D eigenvalue weighted by Gasteiger charge is 2.45. The summed E-state index contributed by atoms with van der Waals surface area (Å²) >= 11 is 0. The van der Waals surface area contributed by atoms with Crippen molar-refractivity contribution in [2.24, 2.45) is 11.3 Å². The van der Waals surface area contributed by atoms with Crippen molar-refractivity contribution in [1.82, 2.24) is 0 Å². The van der Waals surface area contributed by atoms with Crippen molar-refractivity contribution in [3.05, 3.63) is 59.2 Å². The first-order valence-corrected chi connectivity index (χ1v) is 9.72. The van der Waals surface area contributed by atoms with Crippen LogP contribution in [0.2, 0.25) is 0 Å². The number of rotatable bonds is 6. The molecular weight excluding hydrogens is 368 g/mol. The summed E-state index contributed by atoms with van der Waals surface area (Å²) < 4.78 is 0. The van der Waals surface area contributed by atoms with Gasteiger partial charge in [-0.05, 0) is 48.6 Å². The van der Waals surface area contributed by atoms with Crippen LogP contribution in [-0.2, 0) is 27.2 Å². The van der Waals surface area contributed by atoms with Crippen LogP contribution < -0.4 is 10.6 Å². The maximum atomic E-state index is 12.8. The van der Waals surface area contributed by atoms with E-state index < -0.39 is 11.4 Å². The second kappa shape index (κ2) is 8.07. The molecule has 0 unspecified atom stereocenters. The number of fused-ring (bicyclic) bond motifs is 1. The third-order valence-electron chi connectivity index (χ3n) is 5.43. The summed E-state index contributed by atoms with van der Waals surface area (Å²) in [6, 6.07) is 12.9. The first-order chi connectivity index (χ1) is 13.7. The standard InChI is InChI=1S/C23H26N2O4/c1-14(2)21(27)24-18-9-8-15(3)19(10-18)25-20(26)13-23(22(28)29)11-16-6-4-5-7-17(16)12-23/h4-10,14H,11-13H2,1-3H3,(H,24,27)(H,25,26)(H,28,29). The van der Waals surface area contributed by atoms with E-state index in [0.717, 1.165) is 16.7 Å². The second-order valence-electron chi connectivity index (χ2n) is 8.11. The van der Waals surface area contributed by atoms with Crippen LogP contribution in [-0.4, -0.2) is 22.9 Å². The fourth-order valence-corrected chi connectivity index (χ4v) is 3.67. The van der Waals surface area contributed by atoms with Crippen LogP contribution in [0.4, 0.5) is 11.4 Å². The van der Waals surface area contributed by atoms with Crippen LogP contribution in [0.25, 0.3) is 0 Å². The number of nitrogens with one attached hydrogen (secondary N) is 2. The normalized spacial score (nSPS) is 14.3. The molecule has 0 aromatic heterocycles. The Labute approximate surface area is 170 Å². The van der Waals surface area contributed by atoms with Gasteiger partial charge >= 0.3 is 5.97 Å². The smallest absolute Gasteiger partial charge is 0.310 e. The minimum atomic E-state index is -1.13. The van der Waals surface area contributed by atoms with Gasteiger partial charge in [-0.15, -0.1) is 0 Å². The maximum absolute atomic E-state index is 12.8. The Morgan fingerprint density at radius 1 is 1.03 bits per heavy atom. The molecule has 0 aliphatic heterocycles. The zero-order valence-electron chi connectivity index (χ0n) is 16.9. The highest BCUT2D eigenvalue weighted by atomic mass is 16.4. The number of aliphatic carboxylic acids is 1. The molecule has 0 spiro atoms. The van der Waals surface area contributed by atoms with Gasteiger partial charge < -0.3 is 15.7 Å². The number of carboxylic acid groups (broad SMARTS) is 1. The molecule has 152 valence electrons. The molecule has 0 heterocycles. The molecule has 2 aromatic carbocycles. The van der Waals surface area contributed by atoms with Crippen LogP contribution in [0.3, 0.4) is 0 Å². The lowest BCUT2D eigenvalue weighted by Gasteiger charge is -2.23. The van der Waals surface area contributed by atoms with Gasteiger partial charge in [0.2, 0.25) is 11.8 Å². The number of hydrogen-bond acceptors (Lipinski definition) is 3. The van der Waals surface area contributed by atoms with Crippen LogP contribution in [0.1, 0.15) is 37.0 Å². The molecule has 3 N–H and O–H groups in total. The van der Waals surface area contributed by atoms with Crippen molar-refractivity contribution < 1.29 is 19.5 Å². The summed E-state index contributed by atoms with van der Waals surface area (Å²) in [5.41, 5.74) is 2.82. The molecule has 0 atom stereocenters. The van der Waals surface area contributed by atoms with Crippen LogP contribution >= 0.6 is 0 Å². The molecule has 3 rings (SSSR count). The van der Waals surface area contributed by atoms with E-state index in [1.165, 1.54) is 0 Å². The SMILES string of the molecule is Cc1ccc(NC(=O)C(C)C)cc1NC(=O)CC1(C(=O)O)Cc2ccccc2C1. The monoisotopic (exact) mass is 394 g/mol. The first-order valence-electron chi connectivity index (χ1n) is 9.72. The van der Waals surface area contributed by atoms with Crippen LogP contribution in [0, 0.1) is 18.3 Å². The van der Waals surface area contributed by atoms with Crippen molar-refractivity contribution >= 4 is 29.2 Å². The van der Waals surface area contributed by atoms with Gasteiger partial charge in [0.25, 0.3) is 0 Å². The number of carboxylic acids is 1. The van der Waals surface area contributed by atoms with Gasteiger partial charge in [-0.2, -0.15) is 0 Å². The van der Waals surface area contributed by atoms with E-state index in [9.17, 15) is 19.5 Å². The summed E-state index contributed by atoms with van der Waals surface area (Å²) in [4.78, 5) is 36.7. The number of carbonyl (C=O) groups is 3. The quantitative estimate of drug-likeness (QED) is 0.695. The van der Waals surface area contributed by atoms with E-state index in [0.29, 0.717) is 24.2 Å². The molecule has 0 saturated carbocycles. The number of aryl methyl sites for hydroxylation is 1. The minimum absolute atomic E-state index is 0.111. The number of anilines is 2. The van der Waals surface area contributed by atoms with Crippen molar-refractivity contribution in [1.29, 1.82) is 0 Å². The van der Waals surface area contributed by atoms with Crippen LogP contribution in [0.15, 0.2) is 42.5 Å². The number of hydrogen-bond donors (Lipinski definition) is 3. The van der Waals surface area contributed by atoms with Crippen molar-refractivity contribution in [3.63, 3.8) is 0 Å². The van der Waals surface area contributed by atoms with E-state index in [1.54, 1.807) is 26.0 Å².